The van der Waals surface area contributed by atoms with E-state index >= 15 is 0 Å². The highest BCUT2D eigenvalue weighted by Crippen LogP contribution is 2.32. The normalized spacial score (nSPS) is 18.5. The summed E-state index contributed by atoms with van der Waals surface area (Å²) in [7, 11) is 0. The largest absolute Gasteiger partial charge is 0.489 e. The Morgan fingerprint density at radius 3 is 2.17 bits per heavy atom. The number of carbonyl (C=O) groups is 1. The van der Waals surface area contributed by atoms with Crippen LogP contribution in [-0.4, -0.2) is 28.0 Å². The molecule has 2 aliphatic carbocycles. The molecule has 0 spiro atoms. The summed E-state index contributed by atoms with van der Waals surface area (Å²) in [6.45, 7) is 2.16. The lowest BCUT2D eigenvalue weighted by Gasteiger charge is -2.41. The van der Waals surface area contributed by atoms with Crippen molar-refractivity contribution >= 4 is 5.91 Å². The van der Waals surface area contributed by atoms with Crippen molar-refractivity contribution in [3.05, 3.63) is 47.3 Å². The molecule has 1 amide bonds. The number of hydrogen-bond donors (Lipinski definition) is 0. The summed E-state index contributed by atoms with van der Waals surface area (Å²) in [6, 6.07) is 10.3. The number of hydrogen-bond acceptors (Lipinski definition) is 4. The predicted octanol–water partition coefficient (Wildman–Crippen LogP) is 5.67. The Morgan fingerprint density at radius 2 is 1.59 bits per heavy atom. The summed E-state index contributed by atoms with van der Waals surface area (Å²) in [5.41, 5.74) is 1.21. The Morgan fingerprint density at radius 1 is 1.00 bits per heavy atom. The molecule has 2 aromatic rings. The van der Waals surface area contributed by atoms with Gasteiger partial charge >= 0.3 is 0 Å². The third kappa shape index (κ3) is 4.65. The first-order chi connectivity index (χ1) is 14.2. The first-order valence-electron chi connectivity index (χ1n) is 11.2. The van der Waals surface area contributed by atoms with E-state index in [1.54, 1.807) is 0 Å². The van der Waals surface area contributed by atoms with Crippen LogP contribution in [-0.2, 0) is 6.61 Å². The third-order valence-corrected chi connectivity index (χ3v) is 6.48. The Kier molecular flexibility index (Phi) is 6.53. The number of carbonyl (C=O) groups excluding carboxylic acids is 1. The second kappa shape index (κ2) is 9.47. The lowest BCUT2D eigenvalue weighted by molar-refractivity contribution is 0.0436. The molecule has 0 bridgehead atoms. The van der Waals surface area contributed by atoms with Crippen molar-refractivity contribution in [2.45, 2.75) is 89.8 Å². The van der Waals surface area contributed by atoms with Gasteiger partial charge < -0.3 is 14.2 Å². The van der Waals surface area contributed by atoms with Gasteiger partial charge in [-0.1, -0.05) is 61.9 Å². The molecule has 5 heteroatoms. The zero-order chi connectivity index (χ0) is 20.1. The van der Waals surface area contributed by atoms with Crippen molar-refractivity contribution in [2.75, 3.05) is 0 Å². The number of para-hydroxylation sites is 1. The van der Waals surface area contributed by atoms with E-state index in [-0.39, 0.29) is 5.91 Å². The van der Waals surface area contributed by atoms with Gasteiger partial charge in [0.25, 0.3) is 5.91 Å². The standard InChI is InChI=1S/C24H32N2O3/c1-18-22(17-28-21-15-9-4-10-16-21)23(25-29-18)24(27)26(19-11-5-2-6-12-19)20-13-7-3-8-14-20/h4,9-10,15-16,19-20H,2-3,5-8,11-14,17H2,1H3. The molecule has 0 aliphatic heterocycles. The van der Waals surface area contributed by atoms with Gasteiger partial charge in [0.05, 0.1) is 5.56 Å². The number of nitrogens with zero attached hydrogens (tertiary/aromatic N) is 2. The Hall–Kier alpha value is -2.30. The van der Waals surface area contributed by atoms with Gasteiger partial charge in [-0.15, -0.1) is 0 Å². The number of rotatable bonds is 6. The molecule has 0 radical (unpaired) electrons. The van der Waals surface area contributed by atoms with Crippen LogP contribution in [0.15, 0.2) is 34.9 Å². The van der Waals surface area contributed by atoms with Crippen LogP contribution in [0.2, 0.25) is 0 Å². The molecule has 29 heavy (non-hydrogen) atoms. The minimum absolute atomic E-state index is 0.0345. The smallest absolute Gasteiger partial charge is 0.276 e. The van der Waals surface area contributed by atoms with Gasteiger partial charge in [-0.3, -0.25) is 4.79 Å². The highest BCUT2D eigenvalue weighted by molar-refractivity contribution is 5.94. The van der Waals surface area contributed by atoms with E-state index in [2.05, 4.69) is 10.1 Å². The van der Waals surface area contributed by atoms with E-state index in [1.807, 2.05) is 37.3 Å². The van der Waals surface area contributed by atoms with Crippen molar-refractivity contribution in [3.8, 4) is 5.75 Å². The molecule has 4 rings (SSSR count). The van der Waals surface area contributed by atoms with Gasteiger partial charge in [0.15, 0.2) is 5.69 Å². The molecule has 0 saturated heterocycles. The van der Waals surface area contributed by atoms with Gasteiger partial charge in [-0.2, -0.15) is 0 Å². The molecule has 2 aliphatic rings. The zero-order valence-electron chi connectivity index (χ0n) is 17.4. The van der Waals surface area contributed by atoms with E-state index in [0.717, 1.165) is 37.0 Å². The molecular weight excluding hydrogens is 364 g/mol. The molecule has 1 aromatic carbocycles. The van der Waals surface area contributed by atoms with Gasteiger partial charge in [-0.25, -0.2) is 0 Å². The molecule has 1 heterocycles. The van der Waals surface area contributed by atoms with Crippen LogP contribution < -0.4 is 4.74 Å². The highest BCUT2D eigenvalue weighted by atomic mass is 16.5. The average molecular weight is 397 g/mol. The average Bonchev–Trinajstić information content (AvgIpc) is 3.15. The maximum absolute atomic E-state index is 13.7. The first-order valence-corrected chi connectivity index (χ1v) is 11.2. The Labute approximate surface area is 173 Å². The SMILES string of the molecule is Cc1onc(C(=O)N(C2CCCCC2)C2CCCCC2)c1COc1ccccc1. The number of amides is 1. The molecule has 1 aromatic heterocycles. The van der Waals surface area contributed by atoms with Crippen molar-refractivity contribution in [3.63, 3.8) is 0 Å². The van der Waals surface area contributed by atoms with E-state index < -0.39 is 0 Å². The second-order valence-electron chi connectivity index (χ2n) is 8.46. The number of ether oxygens (including phenoxy) is 1. The summed E-state index contributed by atoms with van der Waals surface area (Å²) in [5.74, 6) is 1.48. The van der Waals surface area contributed by atoms with Gasteiger partial charge in [0.2, 0.25) is 0 Å². The minimum Gasteiger partial charge on any atom is -0.489 e. The van der Waals surface area contributed by atoms with E-state index in [9.17, 15) is 4.79 Å². The zero-order valence-corrected chi connectivity index (χ0v) is 17.4. The minimum atomic E-state index is 0.0345. The number of benzene rings is 1. The van der Waals surface area contributed by atoms with Gasteiger partial charge in [0, 0.05) is 12.1 Å². The topological polar surface area (TPSA) is 55.6 Å². The quantitative estimate of drug-likeness (QED) is 0.631. The van der Waals surface area contributed by atoms with Crippen LogP contribution in [0.1, 0.15) is 86.0 Å². The molecule has 156 valence electrons. The van der Waals surface area contributed by atoms with Crippen LogP contribution >= 0.6 is 0 Å². The maximum atomic E-state index is 13.7. The fourth-order valence-electron chi connectivity index (χ4n) is 4.87. The van der Waals surface area contributed by atoms with Crippen LogP contribution in [0.4, 0.5) is 0 Å². The fraction of sp³-hybridized carbons (Fsp3) is 0.583. The summed E-state index contributed by atoms with van der Waals surface area (Å²) >= 11 is 0. The highest BCUT2D eigenvalue weighted by Gasteiger charge is 2.35. The van der Waals surface area contributed by atoms with Crippen LogP contribution in [0.3, 0.4) is 0 Å². The first kappa shape index (κ1) is 20.0. The molecule has 2 fully saturated rings. The van der Waals surface area contributed by atoms with Crippen molar-refractivity contribution in [1.29, 1.82) is 0 Å². The van der Waals surface area contributed by atoms with Crippen molar-refractivity contribution in [2.24, 2.45) is 0 Å². The number of aromatic nitrogens is 1. The Balaban J connectivity index is 1.56. The summed E-state index contributed by atoms with van der Waals surface area (Å²) in [4.78, 5) is 15.9. The molecular formula is C24H32N2O3. The Bertz CT molecular complexity index is 772. The predicted molar refractivity (Wildman–Crippen MR) is 112 cm³/mol. The van der Waals surface area contributed by atoms with E-state index in [0.29, 0.717) is 30.1 Å². The van der Waals surface area contributed by atoms with Gasteiger partial charge in [-0.05, 0) is 44.7 Å². The monoisotopic (exact) mass is 396 g/mol. The number of aryl methyl sites for hydroxylation is 1. The molecule has 0 atom stereocenters. The molecule has 0 unspecified atom stereocenters. The van der Waals surface area contributed by atoms with Crippen molar-refractivity contribution in [1.82, 2.24) is 10.1 Å². The van der Waals surface area contributed by atoms with Crippen molar-refractivity contribution < 1.29 is 14.1 Å². The molecule has 5 nitrogen and oxygen atoms in total. The maximum Gasteiger partial charge on any atom is 0.276 e. The molecule has 2 saturated carbocycles. The molecule has 0 N–H and O–H groups in total. The lowest BCUT2D eigenvalue weighted by Crippen LogP contribution is -2.49. The summed E-state index contributed by atoms with van der Waals surface area (Å²) in [5, 5.41) is 4.19. The third-order valence-electron chi connectivity index (χ3n) is 6.48. The summed E-state index contributed by atoms with van der Waals surface area (Å²) < 4.78 is 11.4. The van der Waals surface area contributed by atoms with Crippen LogP contribution in [0, 0.1) is 6.92 Å². The van der Waals surface area contributed by atoms with Gasteiger partial charge in [0.1, 0.15) is 18.1 Å². The lowest BCUT2D eigenvalue weighted by atomic mass is 9.88. The second-order valence-corrected chi connectivity index (χ2v) is 8.46. The summed E-state index contributed by atoms with van der Waals surface area (Å²) in [6.07, 6.45) is 11.8. The van der Waals surface area contributed by atoms with E-state index in [4.69, 9.17) is 9.26 Å². The van der Waals surface area contributed by atoms with Crippen LogP contribution in [0.5, 0.6) is 5.75 Å². The fourth-order valence-corrected chi connectivity index (χ4v) is 4.87. The van der Waals surface area contributed by atoms with Crippen LogP contribution in [0.25, 0.3) is 0 Å². The van der Waals surface area contributed by atoms with E-state index in [1.165, 1.54) is 38.5 Å².